The molecule has 1 amide bonds. The molecule has 0 saturated heterocycles. The van der Waals surface area contributed by atoms with Crippen LogP contribution in [0.4, 0.5) is 5.69 Å². The number of nitrogens with one attached hydrogen (secondary N) is 2. The molecule has 0 atom stereocenters. The van der Waals surface area contributed by atoms with Crippen molar-refractivity contribution in [3.8, 4) is 0 Å². The largest absolute Gasteiger partial charge is 0.325 e. The zero-order valence-corrected chi connectivity index (χ0v) is 12.5. The number of pyridine rings is 1. The van der Waals surface area contributed by atoms with Gasteiger partial charge in [0.15, 0.2) is 0 Å². The van der Waals surface area contributed by atoms with Crippen molar-refractivity contribution in [3.05, 3.63) is 52.8 Å². The highest BCUT2D eigenvalue weighted by Gasteiger charge is 2.08. The Morgan fingerprint density at radius 2 is 1.86 bits per heavy atom. The summed E-state index contributed by atoms with van der Waals surface area (Å²) in [5, 5.41) is 5.25. The van der Waals surface area contributed by atoms with Gasteiger partial charge in [-0.15, -0.1) is 0 Å². The van der Waals surface area contributed by atoms with Crippen LogP contribution < -0.4 is 10.9 Å². The van der Waals surface area contributed by atoms with Crippen LogP contribution in [0.3, 0.4) is 0 Å². The topological polar surface area (TPSA) is 65.2 Å². The van der Waals surface area contributed by atoms with E-state index in [2.05, 4.69) is 10.3 Å². The summed E-state index contributed by atoms with van der Waals surface area (Å²) < 4.78 is 0. The normalized spacial score (nSPS) is 11.2. The lowest BCUT2D eigenvalue weighted by molar-refractivity contribution is -0.116. The number of anilines is 1. The molecule has 0 bridgehead atoms. The van der Waals surface area contributed by atoms with Gasteiger partial charge >= 0.3 is 0 Å². The first kappa shape index (κ1) is 14.3. The SMILES string of the molecule is CN(C)CC(=O)Nc1ccc2c(c1)c(=O)[nH]c1ccccc12. The first-order valence-electron chi connectivity index (χ1n) is 7.04. The lowest BCUT2D eigenvalue weighted by Gasteiger charge is -2.11. The lowest BCUT2D eigenvalue weighted by atomic mass is 10.1. The molecule has 1 heterocycles. The molecule has 2 aromatic carbocycles. The van der Waals surface area contributed by atoms with Gasteiger partial charge in [-0.25, -0.2) is 0 Å². The Balaban J connectivity index is 2.07. The summed E-state index contributed by atoms with van der Waals surface area (Å²) in [7, 11) is 3.66. The average molecular weight is 295 g/mol. The predicted molar refractivity (Wildman–Crippen MR) is 89.3 cm³/mol. The number of likely N-dealkylation sites (N-methyl/N-ethyl adjacent to an activating group) is 1. The van der Waals surface area contributed by atoms with Crippen molar-refractivity contribution >= 4 is 33.3 Å². The van der Waals surface area contributed by atoms with Gasteiger partial charge in [0.1, 0.15) is 0 Å². The van der Waals surface area contributed by atoms with Crippen molar-refractivity contribution in [3.63, 3.8) is 0 Å². The number of hydrogen-bond acceptors (Lipinski definition) is 3. The van der Waals surface area contributed by atoms with Crippen molar-refractivity contribution in [1.29, 1.82) is 0 Å². The zero-order chi connectivity index (χ0) is 15.7. The number of carbonyl (C=O) groups excluding carboxylic acids is 1. The molecule has 5 heteroatoms. The molecule has 0 unspecified atom stereocenters. The molecule has 112 valence electrons. The second-order valence-corrected chi connectivity index (χ2v) is 5.55. The summed E-state index contributed by atoms with van der Waals surface area (Å²) in [5.74, 6) is -0.110. The summed E-state index contributed by atoms with van der Waals surface area (Å²) in [6.07, 6.45) is 0. The molecule has 5 nitrogen and oxygen atoms in total. The number of H-pyrrole nitrogens is 1. The van der Waals surface area contributed by atoms with Gasteiger partial charge in [-0.05, 0) is 37.7 Å². The van der Waals surface area contributed by atoms with Crippen LogP contribution in [0.2, 0.25) is 0 Å². The number of rotatable bonds is 3. The number of fused-ring (bicyclic) bond motifs is 3. The minimum absolute atomic E-state index is 0.110. The molecule has 3 rings (SSSR count). The standard InChI is InChI=1S/C17H17N3O2/c1-20(2)10-16(21)18-11-7-8-12-13-5-3-4-6-15(13)19-17(22)14(12)9-11/h3-9H,10H2,1-2H3,(H,18,21)(H,19,22). The van der Waals surface area contributed by atoms with E-state index in [1.807, 2.05) is 50.5 Å². The number of benzene rings is 2. The number of para-hydroxylation sites is 1. The molecular formula is C17H17N3O2. The van der Waals surface area contributed by atoms with Crippen LogP contribution >= 0.6 is 0 Å². The van der Waals surface area contributed by atoms with Gasteiger partial charge in [0.05, 0.1) is 6.54 Å². The fourth-order valence-corrected chi connectivity index (χ4v) is 2.55. The number of aromatic nitrogens is 1. The zero-order valence-electron chi connectivity index (χ0n) is 12.5. The van der Waals surface area contributed by atoms with Crippen molar-refractivity contribution in [2.75, 3.05) is 26.0 Å². The third-order valence-electron chi connectivity index (χ3n) is 3.47. The quantitative estimate of drug-likeness (QED) is 0.728. The highest BCUT2D eigenvalue weighted by atomic mass is 16.2. The second kappa shape index (κ2) is 5.61. The van der Waals surface area contributed by atoms with Crippen LogP contribution in [0.15, 0.2) is 47.3 Å². The van der Waals surface area contributed by atoms with Crippen molar-refractivity contribution in [2.45, 2.75) is 0 Å². The molecule has 0 fully saturated rings. The van der Waals surface area contributed by atoms with Crippen LogP contribution in [-0.4, -0.2) is 36.4 Å². The molecule has 3 aromatic rings. The van der Waals surface area contributed by atoms with E-state index in [9.17, 15) is 9.59 Å². The van der Waals surface area contributed by atoms with Gasteiger partial charge in [0.2, 0.25) is 5.91 Å². The van der Waals surface area contributed by atoms with Gasteiger partial charge in [0.25, 0.3) is 5.56 Å². The summed E-state index contributed by atoms with van der Waals surface area (Å²) in [6, 6.07) is 13.1. The molecule has 1 aromatic heterocycles. The Morgan fingerprint density at radius 1 is 1.09 bits per heavy atom. The molecular weight excluding hydrogens is 278 g/mol. The van der Waals surface area contributed by atoms with E-state index >= 15 is 0 Å². The van der Waals surface area contributed by atoms with Crippen LogP contribution in [0.25, 0.3) is 21.7 Å². The molecule has 0 saturated carbocycles. The maximum atomic E-state index is 12.2. The molecule has 22 heavy (non-hydrogen) atoms. The minimum atomic E-state index is -0.155. The maximum absolute atomic E-state index is 12.2. The van der Waals surface area contributed by atoms with Crippen LogP contribution in [0.1, 0.15) is 0 Å². The van der Waals surface area contributed by atoms with E-state index in [1.54, 1.807) is 11.0 Å². The molecule has 0 aliphatic heterocycles. The van der Waals surface area contributed by atoms with E-state index in [0.717, 1.165) is 16.3 Å². The smallest absolute Gasteiger partial charge is 0.256 e. The number of aromatic amines is 1. The Kier molecular flexibility index (Phi) is 3.65. The minimum Gasteiger partial charge on any atom is -0.325 e. The molecule has 0 aliphatic rings. The fraction of sp³-hybridized carbons (Fsp3) is 0.176. The van der Waals surface area contributed by atoms with E-state index in [4.69, 9.17) is 0 Å². The summed E-state index contributed by atoms with van der Waals surface area (Å²) in [5.41, 5.74) is 1.28. The molecule has 0 radical (unpaired) electrons. The Morgan fingerprint density at radius 3 is 2.64 bits per heavy atom. The number of nitrogens with zero attached hydrogens (tertiary/aromatic N) is 1. The highest BCUT2D eigenvalue weighted by molar-refractivity contribution is 6.06. The second-order valence-electron chi connectivity index (χ2n) is 5.55. The lowest BCUT2D eigenvalue weighted by Crippen LogP contribution is -2.27. The van der Waals surface area contributed by atoms with Crippen LogP contribution in [0.5, 0.6) is 0 Å². The summed E-state index contributed by atoms with van der Waals surface area (Å²) in [4.78, 5) is 28.7. The van der Waals surface area contributed by atoms with E-state index in [0.29, 0.717) is 17.6 Å². The third kappa shape index (κ3) is 2.71. The van der Waals surface area contributed by atoms with Crippen LogP contribution in [-0.2, 0) is 4.79 Å². The fourth-order valence-electron chi connectivity index (χ4n) is 2.55. The van der Waals surface area contributed by atoms with E-state index in [1.165, 1.54) is 0 Å². The predicted octanol–water partition coefficient (Wildman–Crippen LogP) is 2.18. The third-order valence-corrected chi connectivity index (χ3v) is 3.47. The van der Waals surface area contributed by atoms with Gasteiger partial charge in [-0.2, -0.15) is 0 Å². The number of hydrogen-bond donors (Lipinski definition) is 2. The van der Waals surface area contributed by atoms with Gasteiger partial charge in [0, 0.05) is 22.0 Å². The Hall–Kier alpha value is -2.66. The van der Waals surface area contributed by atoms with Gasteiger partial charge < -0.3 is 15.2 Å². The van der Waals surface area contributed by atoms with Gasteiger partial charge in [-0.1, -0.05) is 24.3 Å². The van der Waals surface area contributed by atoms with Gasteiger partial charge in [-0.3, -0.25) is 9.59 Å². The summed E-state index contributed by atoms with van der Waals surface area (Å²) >= 11 is 0. The van der Waals surface area contributed by atoms with E-state index in [-0.39, 0.29) is 11.5 Å². The average Bonchev–Trinajstić information content (AvgIpc) is 2.46. The van der Waals surface area contributed by atoms with Crippen molar-refractivity contribution in [2.24, 2.45) is 0 Å². The first-order chi connectivity index (χ1) is 10.5. The molecule has 2 N–H and O–H groups in total. The van der Waals surface area contributed by atoms with Crippen molar-refractivity contribution in [1.82, 2.24) is 9.88 Å². The van der Waals surface area contributed by atoms with Crippen molar-refractivity contribution < 1.29 is 4.79 Å². The summed E-state index contributed by atoms with van der Waals surface area (Å²) in [6.45, 7) is 0.298. The number of amides is 1. The highest BCUT2D eigenvalue weighted by Crippen LogP contribution is 2.23. The maximum Gasteiger partial charge on any atom is 0.256 e. The number of carbonyl (C=O) groups is 1. The molecule has 0 aliphatic carbocycles. The van der Waals surface area contributed by atoms with E-state index < -0.39 is 0 Å². The molecule has 0 spiro atoms. The Bertz CT molecular complexity index is 913. The Labute approximate surface area is 127 Å². The van der Waals surface area contributed by atoms with Crippen LogP contribution in [0, 0.1) is 0 Å². The first-order valence-corrected chi connectivity index (χ1v) is 7.04. The monoisotopic (exact) mass is 295 g/mol.